The molecule has 2 heterocycles. The van der Waals surface area contributed by atoms with E-state index in [9.17, 15) is 9.59 Å². The Morgan fingerprint density at radius 1 is 1.17 bits per heavy atom. The van der Waals surface area contributed by atoms with Gasteiger partial charge in [-0.15, -0.1) is 0 Å². The number of hydrogen-bond donors (Lipinski definition) is 2. The molecular formula is C17H19N3O3. The second-order valence-corrected chi connectivity index (χ2v) is 5.52. The van der Waals surface area contributed by atoms with Gasteiger partial charge in [0.25, 0.3) is 5.91 Å². The molecule has 1 fully saturated rings. The molecule has 120 valence electrons. The summed E-state index contributed by atoms with van der Waals surface area (Å²) in [7, 11) is 0. The molecule has 3 amide bonds. The molecule has 1 aliphatic rings. The molecule has 6 nitrogen and oxygen atoms in total. The zero-order valence-corrected chi connectivity index (χ0v) is 12.7. The molecule has 23 heavy (non-hydrogen) atoms. The van der Waals surface area contributed by atoms with Crippen molar-refractivity contribution in [2.45, 2.75) is 19.4 Å². The monoisotopic (exact) mass is 313 g/mol. The average molecular weight is 313 g/mol. The summed E-state index contributed by atoms with van der Waals surface area (Å²) in [4.78, 5) is 25.8. The van der Waals surface area contributed by atoms with Crippen molar-refractivity contribution in [3.63, 3.8) is 0 Å². The first-order chi connectivity index (χ1) is 11.2. The summed E-state index contributed by atoms with van der Waals surface area (Å²) in [5.74, 6) is -0.190. The van der Waals surface area contributed by atoms with E-state index in [2.05, 4.69) is 10.6 Å². The highest BCUT2D eigenvalue weighted by Crippen LogP contribution is 2.14. The maximum Gasteiger partial charge on any atom is 0.321 e. The number of likely N-dealkylation sites (tertiary alicyclic amines) is 1. The van der Waals surface area contributed by atoms with Crippen molar-refractivity contribution >= 4 is 17.6 Å². The minimum Gasteiger partial charge on any atom is -0.472 e. The van der Waals surface area contributed by atoms with E-state index in [0.717, 1.165) is 37.2 Å². The second kappa shape index (κ2) is 7.00. The van der Waals surface area contributed by atoms with Crippen molar-refractivity contribution in [2.75, 3.05) is 18.4 Å². The summed E-state index contributed by atoms with van der Waals surface area (Å²) in [5, 5.41) is 5.71. The molecular weight excluding hydrogens is 294 g/mol. The molecule has 0 unspecified atom stereocenters. The maximum absolute atomic E-state index is 12.1. The third-order valence-corrected chi connectivity index (χ3v) is 3.81. The first-order valence-electron chi connectivity index (χ1n) is 7.67. The summed E-state index contributed by atoms with van der Waals surface area (Å²) in [6.07, 6.45) is 4.99. The summed E-state index contributed by atoms with van der Waals surface area (Å²) < 4.78 is 4.89. The Morgan fingerprint density at radius 2 is 2.00 bits per heavy atom. The Kier molecular flexibility index (Phi) is 4.61. The molecule has 0 radical (unpaired) electrons. The fourth-order valence-corrected chi connectivity index (χ4v) is 2.56. The number of hydrogen-bond acceptors (Lipinski definition) is 3. The van der Waals surface area contributed by atoms with Gasteiger partial charge in [-0.1, -0.05) is 12.1 Å². The molecule has 0 saturated carbocycles. The third-order valence-electron chi connectivity index (χ3n) is 3.81. The van der Waals surface area contributed by atoms with Gasteiger partial charge >= 0.3 is 6.03 Å². The molecule has 0 spiro atoms. The Balaban J connectivity index is 1.56. The molecule has 6 heteroatoms. The largest absolute Gasteiger partial charge is 0.472 e. The number of benzene rings is 1. The molecule has 0 aliphatic carbocycles. The van der Waals surface area contributed by atoms with E-state index < -0.39 is 0 Å². The van der Waals surface area contributed by atoms with Crippen molar-refractivity contribution in [1.82, 2.24) is 10.2 Å². The van der Waals surface area contributed by atoms with Gasteiger partial charge in [0.1, 0.15) is 6.26 Å². The highest BCUT2D eigenvalue weighted by Gasteiger charge is 2.17. The van der Waals surface area contributed by atoms with E-state index in [1.54, 1.807) is 6.07 Å². The number of furan rings is 1. The quantitative estimate of drug-likeness (QED) is 0.911. The van der Waals surface area contributed by atoms with Crippen LogP contribution in [0.1, 0.15) is 28.8 Å². The zero-order valence-electron chi connectivity index (χ0n) is 12.7. The van der Waals surface area contributed by atoms with Crippen LogP contribution in [0.4, 0.5) is 10.5 Å². The van der Waals surface area contributed by atoms with Crippen LogP contribution in [-0.2, 0) is 6.54 Å². The minimum atomic E-state index is -0.190. The predicted molar refractivity (Wildman–Crippen MR) is 86.1 cm³/mol. The standard InChI is InChI=1S/C17H19N3O3/c21-16(14-6-9-23-12-14)18-11-13-4-3-5-15(10-13)19-17(22)20-7-1-2-8-20/h3-6,9-10,12H,1-2,7-8,11H2,(H,18,21)(H,19,22). The van der Waals surface area contributed by atoms with Gasteiger partial charge in [-0.2, -0.15) is 0 Å². The molecule has 1 aromatic carbocycles. The Labute approximate surface area is 134 Å². The lowest BCUT2D eigenvalue weighted by Gasteiger charge is -2.16. The lowest BCUT2D eigenvalue weighted by atomic mass is 10.2. The van der Waals surface area contributed by atoms with Gasteiger partial charge in [-0.3, -0.25) is 4.79 Å². The summed E-state index contributed by atoms with van der Waals surface area (Å²) in [6, 6.07) is 9.02. The van der Waals surface area contributed by atoms with Crippen LogP contribution in [0.3, 0.4) is 0 Å². The normalized spacial score (nSPS) is 13.8. The lowest BCUT2D eigenvalue weighted by molar-refractivity contribution is 0.0950. The van der Waals surface area contributed by atoms with Gasteiger partial charge in [-0.25, -0.2) is 4.79 Å². The van der Waals surface area contributed by atoms with Crippen LogP contribution in [0.5, 0.6) is 0 Å². The van der Waals surface area contributed by atoms with Gasteiger partial charge in [0.2, 0.25) is 0 Å². The van der Waals surface area contributed by atoms with E-state index in [-0.39, 0.29) is 11.9 Å². The van der Waals surface area contributed by atoms with Crippen molar-refractivity contribution in [3.8, 4) is 0 Å². The van der Waals surface area contributed by atoms with Crippen molar-refractivity contribution in [2.24, 2.45) is 0 Å². The van der Waals surface area contributed by atoms with Gasteiger partial charge in [-0.05, 0) is 36.6 Å². The molecule has 2 aromatic rings. The van der Waals surface area contributed by atoms with Crippen LogP contribution >= 0.6 is 0 Å². The molecule has 1 aliphatic heterocycles. The van der Waals surface area contributed by atoms with Crippen molar-refractivity contribution in [3.05, 3.63) is 54.0 Å². The summed E-state index contributed by atoms with van der Waals surface area (Å²) in [5.41, 5.74) is 2.14. The molecule has 0 atom stereocenters. The van der Waals surface area contributed by atoms with E-state index in [1.807, 2.05) is 29.2 Å². The predicted octanol–water partition coefficient (Wildman–Crippen LogP) is 2.84. The van der Waals surface area contributed by atoms with Crippen LogP contribution in [0.2, 0.25) is 0 Å². The van der Waals surface area contributed by atoms with Crippen molar-refractivity contribution in [1.29, 1.82) is 0 Å². The smallest absolute Gasteiger partial charge is 0.321 e. The molecule has 1 saturated heterocycles. The van der Waals surface area contributed by atoms with Crippen molar-refractivity contribution < 1.29 is 14.0 Å². The number of carbonyl (C=O) groups is 2. The minimum absolute atomic E-state index is 0.0675. The number of rotatable bonds is 4. The number of urea groups is 1. The number of anilines is 1. The third kappa shape index (κ3) is 3.91. The maximum atomic E-state index is 12.1. The Bertz CT molecular complexity index is 676. The molecule has 2 N–H and O–H groups in total. The van der Waals surface area contributed by atoms with Gasteiger partial charge in [0, 0.05) is 25.3 Å². The highest BCUT2D eigenvalue weighted by atomic mass is 16.3. The summed E-state index contributed by atoms with van der Waals surface area (Å²) >= 11 is 0. The zero-order chi connectivity index (χ0) is 16.1. The van der Waals surface area contributed by atoms with Gasteiger partial charge in [0.15, 0.2) is 0 Å². The van der Waals surface area contributed by atoms with Crippen LogP contribution in [-0.4, -0.2) is 29.9 Å². The van der Waals surface area contributed by atoms with E-state index in [1.165, 1.54) is 12.5 Å². The molecule has 0 bridgehead atoms. The average Bonchev–Trinajstić information content (AvgIpc) is 3.25. The SMILES string of the molecule is O=C(NCc1cccc(NC(=O)N2CCCC2)c1)c1ccoc1. The lowest BCUT2D eigenvalue weighted by Crippen LogP contribution is -2.32. The number of nitrogens with zero attached hydrogens (tertiary/aromatic N) is 1. The summed E-state index contributed by atoms with van der Waals surface area (Å²) in [6.45, 7) is 2.01. The molecule has 3 rings (SSSR count). The van der Waals surface area contributed by atoms with E-state index >= 15 is 0 Å². The second-order valence-electron chi connectivity index (χ2n) is 5.52. The van der Waals surface area contributed by atoms with E-state index in [0.29, 0.717) is 12.1 Å². The van der Waals surface area contributed by atoms with Gasteiger partial charge in [0.05, 0.1) is 11.8 Å². The first kappa shape index (κ1) is 15.1. The number of carbonyl (C=O) groups excluding carboxylic acids is 2. The van der Waals surface area contributed by atoms with Crippen LogP contribution < -0.4 is 10.6 Å². The Hall–Kier alpha value is -2.76. The van der Waals surface area contributed by atoms with Gasteiger partial charge < -0.3 is 20.0 Å². The van der Waals surface area contributed by atoms with Crippen LogP contribution in [0.25, 0.3) is 0 Å². The molecule has 1 aromatic heterocycles. The number of amides is 3. The van der Waals surface area contributed by atoms with Crippen LogP contribution in [0.15, 0.2) is 47.3 Å². The number of nitrogens with one attached hydrogen (secondary N) is 2. The van der Waals surface area contributed by atoms with Crippen LogP contribution in [0, 0.1) is 0 Å². The van der Waals surface area contributed by atoms with E-state index in [4.69, 9.17) is 4.42 Å². The topological polar surface area (TPSA) is 74.6 Å². The fourth-order valence-electron chi connectivity index (χ4n) is 2.56. The Morgan fingerprint density at radius 3 is 2.74 bits per heavy atom. The highest BCUT2D eigenvalue weighted by molar-refractivity contribution is 5.93. The fraction of sp³-hybridized carbons (Fsp3) is 0.294. The first-order valence-corrected chi connectivity index (χ1v) is 7.67.